The molecule has 1 saturated heterocycles. The van der Waals surface area contributed by atoms with E-state index in [-0.39, 0.29) is 5.91 Å². The molecular formula is C21H34N2O2. The predicted octanol–water partition coefficient (Wildman–Crippen LogP) is 3.41. The highest BCUT2D eigenvalue weighted by atomic mass is 16.5. The third-order valence-corrected chi connectivity index (χ3v) is 4.94. The van der Waals surface area contributed by atoms with Gasteiger partial charge in [-0.15, -0.1) is 0 Å². The van der Waals surface area contributed by atoms with E-state index in [0.29, 0.717) is 30.7 Å². The van der Waals surface area contributed by atoms with Gasteiger partial charge in [-0.3, -0.25) is 4.79 Å². The van der Waals surface area contributed by atoms with E-state index >= 15 is 0 Å². The molecule has 1 atom stereocenters. The SMILES string of the molecule is CC(C)COc1ccc(CCNC(=O)CC(C)C2CCNCC2)cc1. The van der Waals surface area contributed by atoms with Crippen LogP contribution in [-0.4, -0.2) is 32.1 Å². The van der Waals surface area contributed by atoms with E-state index in [1.54, 1.807) is 0 Å². The van der Waals surface area contributed by atoms with Crippen molar-refractivity contribution in [3.05, 3.63) is 29.8 Å². The van der Waals surface area contributed by atoms with E-state index in [1.807, 2.05) is 12.1 Å². The number of hydrogen-bond donors (Lipinski definition) is 2. The Balaban J connectivity index is 1.64. The molecule has 25 heavy (non-hydrogen) atoms. The molecule has 0 bridgehead atoms. The summed E-state index contributed by atoms with van der Waals surface area (Å²) in [4.78, 5) is 12.1. The molecule has 0 saturated carbocycles. The number of carbonyl (C=O) groups excluding carboxylic acids is 1. The first-order valence-electron chi connectivity index (χ1n) is 9.73. The van der Waals surface area contributed by atoms with Crippen molar-refractivity contribution in [2.24, 2.45) is 17.8 Å². The van der Waals surface area contributed by atoms with Crippen molar-refractivity contribution in [3.63, 3.8) is 0 Å². The lowest BCUT2D eigenvalue weighted by molar-refractivity contribution is -0.122. The largest absolute Gasteiger partial charge is 0.493 e. The highest BCUT2D eigenvalue weighted by Gasteiger charge is 2.21. The Hall–Kier alpha value is -1.55. The molecule has 1 aliphatic rings. The van der Waals surface area contributed by atoms with Crippen LogP contribution >= 0.6 is 0 Å². The summed E-state index contributed by atoms with van der Waals surface area (Å²) in [5, 5.41) is 6.45. The zero-order chi connectivity index (χ0) is 18.1. The molecule has 1 amide bonds. The Morgan fingerprint density at radius 3 is 2.52 bits per heavy atom. The lowest BCUT2D eigenvalue weighted by Crippen LogP contribution is -2.34. The third-order valence-electron chi connectivity index (χ3n) is 4.94. The molecule has 1 heterocycles. The molecule has 4 nitrogen and oxygen atoms in total. The maximum atomic E-state index is 12.1. The molecular weight excluding hydrogens is 312 g/mol. The molecule has 1 aromatic carbocycles. The van der Waals surface area contributed by atoms with Crippen LogP contribution in [-0.2, 0) is 11.2 Å². The fraction of sp³-hybridized carbons (Fsp3) is 0.667. The van der Waals surface area contributed by atoms with E-state index in [0.717, 1.165) is 31.9 Å². The second-order valence-corrected chi connectivity index (χ2v) is 7.72. The number of amides is 1. The normalized spacial score (nSPS) is 16.6. The Morgan fingerprint density at radius 1 is 1.20 bits per heavy atom. The van der Waals surface area contributed by atoms with Gasteiger partial charge in [0.25, 0.3) is 0 Å². The maximum absolute atomic E-state index is 12.1. The van der Waals surface area contributed by atoms with E-state index in [4.69, 9.17) is 4.74 Å². The second-order valence-electron chi connectivity index (χ2n) is 7.72. The second kappa shape index (κ2) is 10.4. The van der Waals surface area contributed by atoms with Crippen LogP contribution < -0.4 is 15.4 Å². The molecule has 4 heteroatoms. The van der Waals surface area contributed by atoms with Crippen molar-refractivity contribution in [1.29, 1.82) is 0 Å². The molecule has 2 N–H and O–H groups in total. The van der Waals surface area contributed by atoms with Crippen molar-refractivity contribution in [2.75, 3.05) is 26.2 Å². The summed E-state index contributed by atoms with van der Waals surface area (Å²) in [5.41, 5.74) is 1.23. The molecule has 1 fully saturated rings. The monoisotopic (exact) mass is 346 g/mol. The van der Waals surface area contributed by atoms with Crippen molar-refractivity contribution in [2.45, 2.75) is 46.5 Å². The van der Waals surface area contributed by atoms with Gasteiger partial charge in [0.1, 0.15) is 5.75 Å². The number of hydrogen-bond acceptors (Lipinski definition) is 3. The van der Waals surface area contributed by atoms with Gasteiger partial charge in [0, 0.05) is 13.0 Å². The van der Waals surface area contributed by atoms with Crippen molar-refractivity contribution in [3.8, 4) is 5.75 Å². The van der Waals surface area contributed by atoms with E-state index in [2.05, 4.69) is 43.5 Å². The third kappa shape index (κ3) is 7.47. The number of rotatable bonds is 9. The standard InChI is InChI=1S/C21H34N2O2/c1-16(2)15-25-20-6-4-18(5-7-20)8-13-23-21(24)14-17(3)19-9-11-22-12-10-19/h4-7,16-17,19,22H,8-15H2,1-3H3,(H,23,24). The lowest BCUT2D eigenvalue weighted by atomic mass is 9.84. The summed E-state index contributed by atoms with van der Waals surface area (Å²) in [6.45, 7) is 10.1. The number of benzene rings is 1. The van der Waals surface area contributed by atoms with Crippen molar-refractivity contribution >= 4 is 5.91 Å². The van der Waals surface area contributed by atoms with Gasteiger partial charge in [-0.1, -0.05) is 32.9 Å². The summed E-state index contributed by atoms with van der Waals surface area (Å²) in [6.07, 6.45) is 3.89. The van der Waals surface area contributed by atoms with Crippen molar-refractivity contribution in [1.82, 2.24) is 10.6 Å². The molecule has 0 aromatic heterocycles. The first-order valence-corrected chi connectivity index (χ1v) is 9.73. The fourth-order valence-corrected chi connectivity index (χ4v) is 3.31. The minimum absolute atomic E-state index is 0.183. The zero-order valence-electron chi connectivity index (χ0n) is 16.0. The van der Waals surface area contributed by atoms with Crippen LogP contribution in [0.1, 0.15) is 45.6 Å². The Kier molecular flexibility index (Phi) is 8.26. The molecule has 1 aliphatic heterocycles. The average molecular weight is 347 g/mol. The lowest BCUT2D eigenvalue weighted by Gasteiger charge is -2.27. The fourth-order valence-electron chi connectivity index (χ4n) is 3.31. The highest BCUT2D eigenvalue weighted by molar-refractivity contribution is 5.76. The minimum atomic E-state index is 0.183. The molecule has 0 aliphatic carbocycles. The van der Waals surface area contributed by atoms with Crippen LogP contribution in [0, 0.1) is 17.8 Å². The summed E-state index contributed by atoms with van der Waals surface area (Å²) in [5.74, 6) is 2.78. The molecule has 0 spiro atoms. The molecule has 0 radical (unpaired) electrons. The summed E-state index contributed by atoms with van der Waals surface area (Å²) < 4.78 is 5.69. The minimum Gasteiger partial charge on any atom is -0.493 e. The van der Waals surface area contributed by atoms with Crippen LogP contribution in [0.4, 0.5) is 0 Å². The number of nitrogens with one attached hydrogen (secondary N) is 2. The molecule has 2 rings (SSSR count). The van der Waals surface area contributed by atoms with E-state index in [1.165, 1.54) is 18.4 Å². The van der Waals surface area contributed by atoms with E-state index in [9.17, 15) is 4.79 Å². The highest BCUT2D eigenvalue weighted by Crippen LogP contribution is 2.24. The van der Waals surface area contributed by atoms with Gasteiger partial charge < -0.3 is 15.4 Å². The summed E-state index contributed by atoms with van der Waals surface area (Å²) in [6, 6.07) is 8.19. The van der Waals surface area contributed by atoms with Crippen LogP contribution in [0.3, 0.4) is 0 Å². The van der Waals surface area contributed by atoms with Gasteiger partial charge in [-0.05, 0) is 67.8 Å². The van der Waals surface area contributed by atoms with Crippen LogP contribution in [0.15, 0.2) is 24.3 Å². The Bertz CT molecular complexity index is 507. The molecule has 140 valence electrons. The topological polar surface area (TPSA) is 50.4 Å². The zero-order valence-corrected chi connectivity index (χ0v) is 16.0. The van der Waals surface area contributed by atoms with Gasteiger partial charge in [-0.2, -0.15) is 0 Å². The maximum Gasteiger partial charge on any atom is 0.220 e. The van der Waals surface area contributed by atoms with Crippen molar-refractivity contribution < 1.29 is 9.53 Å². The van der Waals surface area contributed by atoms with Gasteiger partial charge >= 0.3 is 0 Å². The first-order chi connectivity index (χ1) is 12.0. The van der Waals surface area contributed by atoms with Gasteiger partial charge in [0.15, 0.2) is 0 Å². The Morgan fingerprint density at radius 2 is 1.88 bits per heavy atom. The number of carbonyl (C=O) groups is 1. The van der Waals surface area contributed by atoms with Crippen LogP contribution in [0.2, 0.25) is 0 Å². The van der Waals surface area contributed by atoms with E-state index < -0.39 is 0 Å². The number of ether oxygens (including phenoxy) is 1. The summed E-state index contributed by atoms with van der Waals surface area (Å²) in [7, 11) is 0. The molecule has 1 unspecified atom stereocenters. The molecule has 1 aromatic rings. The first kappa shape index (κ1) is 19.8. The van der Waals surface area contributed by atoms with Gasteiger partial charge in [0.2, 0.25) is 5.91 Å². The Labute approximate surface area is 152 Å². The summed E-state index contributed by atoms with van der Waals surface area (Å²) >= 11 is 0. The van der Waals surface area contributed by atoms with Crippen LogP contribution in [0.5, 0.6) is 5.75 Å². The van der Waals surface area contributed by atoms with Crippen LogP contribution in [0.25, 0.3) is 0 Å². The average Bonchev–Trinajstić information content (AvgIpc) is 2.61. The quantitative estimate of drug-likeness (QED) is 0.720. The smallest absolute Gasteiger partial charge is 0.220 e. The van der Waals surface area contributed by atoms with Gasteiger partial charge in [0.05, 0.1) is 6.61 Å². The number of piperidine rings is 1. The predicted molar refractivity (Wildman–Crippen MR) is 103 cm³/mol. The van der Waals surface area contributed by atoms with Gasteiger partial charge in [-0.25, -0.2) is 0 Å².